The molecule has 0 rings (SSSR count). The summed E-state index contributed by atoms with van der Waals surface area (Å²) in [5.41, 5.74) is 0. The second-order valence-corrected chi connectivity index (χ2v) is 1.84. The van der Waals surface area contributed by atoms with Crippen molar-refractivity contribution in [3.8, 4) is 0 Å². The monoisotopic (exact) mass is 175 g/mol. The topological polar surface area (TPSA) is 52.5 Å². The normalized spacial score (nSPS) is 5.67. The van der Waals surface area contributed by atoms with Gasteiger partial charge in [-0.15, -0.1) is 5.34 Å². The summed E-state index contributed by atoms with van der Waals surface area (Å²) in [6.45, 7) is 0. The standard InChI is InChI=1S/2ClH.Co.HNO2/c;;;2-1-3/h2*1H;;(H,2,3)/q;;+2;/p-3. The first-order chi connectivity index (χ1) is 2.83. The Hall–Kier alpha value is 0.486. The van der Waals surface area contributed by atoms with Crippen LogP contribution < -0.4 is 0 Å². The van der Waals surface area contributed by atoms with Gasteiger partial charge in [-0.25, -0.2) is 0 Å². The average molecular weight is 176 g/mol. The van der Waals surface area contributed by atoms with Crippen LogP contribution in [-0.4, -0.2) is 0 Å². The summed E-state index contributed by atoms with van der Waals surface area (Å²) in [6, 6.07) is 0. The van der Waals surface area contributed by atoms with Gasteiger partial charge in [-0.2, -0.15) is 0 Å². The Kier molecular flexibility index (Phi) is 28.9. The number of halogens is 2. The second kappa shape index (κ2) is 17.9. The molecule has 0 bridgehead atoms. The third-order valence-electron chi connectivity index (χ3n) is 0. The van der Waals surface area contributed by atoms with Gasteiger partial charge in [0.05, 0.1) is 0 Å². The van der Waals surface area contributed by atoms with E-state index in [-0.39, 0.29) is 0 Å². The molecule has 0 aromatic heterocycles. The summed E-state index contributed by atoms with van der Waals surface area (Å²) in [4.78, 5) is 8.00. The quantitative estimate of drug-likeness (QED) is 0.415. The zero-order chi connectivity index (χ0) is 5.41. The molecular weight excluding hydrogens is 176 g/mol. The fraction of sp³-hybridized carbons (Fsp3) is 0. The van der Waals surface area contributed by atoms with E-state index >= 15 is 0 Å². The predicted molar refractivity (Wildman–Crippen MR) is 20.9 cm³/mol. The summed E-state index contributed by atoms with van der Waals surface area (Å²) in [5, 5.41) is 9.00. The van der Waals surface area contributed by atoms with Crippen molar-refractivity contribution in [1.29, 1.82) is 0 Å². The molecule has 0 atom stereocenters. The van der Waals surface area contributed by atoms with Gasteiger partial charge in [0.25, 0.3) is 0 Å². The molecule has 3 nitrogen and oxygen atoms in total. The maximum atomic E-state index is 8.00. The van der Waals surface area contributed by atoms with Crippen LogP contribution >= 0.6 is 20.3 Å². The Balaban J connectivity index is 0. The van der Waals surface area contributed by atoms with Gasteiger partial charge in [0.1, 0.15) is 0 Å². The van der Waals surface area contributed by atoms with Gasteiger partial charge < -0.3 is 10.1 Å². The molecule has 0 amide bonds. The number of hydrogen-bond donors (Lipinski definition) is 0. The fourth-order valence-corrected chi connectivity index (χ4v) is 0. The average Bonchev–Trinajstić information content (AvgIpc) is 1.39. The fourth-order valence-electron chi connectivity index (χ4n) is 0. The molecule has 0 unspecified atom stereocenters. The van der Waals surface area contributed by atoms with Crippen molar-refractivity contribution >= 4 is 20.3 Å². The first-order valence-corrected chi connectivity index (χ1v) is 3.48. The molecule has 0 aliphatic heterocycles. The van der Waals surface area contributed by atoms with Gasteiger partial charge in [0.2, 0.25) is 0 Å². The summed E-state index contributed by atoms with van der Waals surface area (Å²) in [5.74, 6) is 0. The molecule has 0 aromatic rings. The van der Waals surface area contributed by atoms with Crippen LogP contribution in [-0.2, 0) is 12.9 Å². The molecule has 0 saturated carbocycles. The molecule has 0 radical (unpaired) electrons. The molecule has 0 heterocycles. The molecule has 0 spiro atoms. The van der Waals surface area contributed by atoms with E-state index in [2.05, 4.69) is 0 Å². The Morgan fingerprint density at radius 3 is 1.67 bits per heavy atom. The van der Waals surface area contributed by atoms with Crippen LogP contribution in [0.4, 0.5) is 0 Å². The number of rotatable bonds is 0. The van der Waals surface area contributed by atoms with Crippen molar-refractivity contribution in [2.24, 2.45) is 5.34 Å². The van der Waals surface area contributed by atoms with Crippen LogP contribution in [0.2, 0.25) is 0 Å². The van der Waals surface area contributed by atoms with E-state index in [1.54, 1.807) is 0 Å². The molecule has 0 N–H and O–H groups in total. The van der Waals surface area contributed by atoms with E-state index in [1.165, 1.54) is 0 Å². The van der Waals surface area contributed by atoms with Crippen molar-refractivity contribution in [1.82, 2.24) is 0 Å². The Morgan fingerprint density at radius 1 is 1.67 bits per heavy atom. The Labute approximate surface area is 49.0 Å². The number of hydrogen-bond acceptors (Lipinski definition) is 3. The van der Waals surface area contributed by atoms with Crippen molar-refractivity contribution in [3.05, 3.63) is 10.1 Å². The molecule has 0 fully saturated rings. The van der Waals surface area contributed by atoms with Gasteiger partial charge in [0.15, 0.2) is 0 Å². The molecular formula is Cl2CoNO2-. The summed E-state index contributed by atoms with van der Waals surface area (Å²) in [7, 11) is 9.47. The summed E-state index contributed by atoms with van der Waals surface area (Å²) < 4.78 is 0. The van der Waals surface area contributed by atoms with E-state index in [1.807, 2.05) is 0 Å². The van der Waals surface area contributed by atoms with Crippen molar-refractivity contribution in [2.75, 3.05) is 0 Å². The van der Waals surface area contributed by atoms with Crippen molar-refractivity contribution in [3.63, 3.8) is 0 Å². The summed E-state index contributed by atoms with van der Waals surface area (Å²) >= 11 is 0.382. The first-order valence-electron chi connectivity index (χ1n) is 0.617. The van der Waals surface area contributed by atoms with Gasteiger partial charge in [0, 0.05) is 0 Å². The zero-order valence-electron chi connectivity index (χ0n) is 2.35. The van der Waals surface area contributed by atoms with Crippen LogP contribution in [0, 0.1) is 10.1 Å². The SMILES string of the molecule is O=N[O-].[Cl][Co][Cl]. The Morgan fingerprint density at radius 2 is 1.67 bits per heavy atom. The van der Waals surface area contributed by atoms with Gasteiger partial charge in [-0.05, 0) is 0 Å². The van der Waals surface area contributed by atoms with E-state index in [4.69, 9.17) is 30.4 Å². The maximum absolute atomic E-state index is 8.00. The second-order valence-electron chi connectivity index (χ2n) is 0.122. The third-order valence-corrected chi connectivity index (χ3v) is 0. The minimum atomic E-state index is 0.382. The van der Waals surface area contributed by atoms with Crippen LogP contribution in [0.1, 0.15) is 0 Å². The molecule has 0 aliphatic carbocycles. The first kappa shape index (κ1) is 9.70. The van der Waals surface area contributed by atoms with E-state index < -0.39 is 0 Å². The predicted octanol–water partition coefficient (Wildman–Crippen LogP) is 1.63. The molecule has 0 aromatic carbocycles. The van der Waals surface area contributed by atoms with E-state index in [0.29, 0.717) is 12.9 Å². The minimum absolute atomic E-state index is 0.382. The van der Waals surface area contributed by atoms with Crippen molar-refractivity contribution < 1.29 is 12.9 Å². The third kappa shape index (κ3) is 230. The van der Waals surface area contributed by atoms with E-state index in [0.717, 1.165) is 5.34 Å². The van der Waals surface area contributed by atoms with Gasteiger partial charge in [-0.1, -0.05) is 0 Å². The van der Waals surface area contributed by atoms with Gasteiger partial charge in [-0.3, -0.25) is 0 Å². The zero-order valence-corrected chi connectivity index (χ0v) is 4.91. The van der Waals surface area contributed by atoms with Crippen LogP contribution in [0.5, 0.6) is 0 Å². The molecule has 6 heteroatoms. The van der Waals surface area contributed by atoms with Crippen LogP contribution in [0.25, 0.3) is 0 Å². The van der Waals surface area contributed by atoms with Crippen LogP contribution in [0.3, 0.4) is 0 Å². The molecule has 0 saturated heterocycles. The van der Waals surface area contributed by atoms with Crippen LogP contribution in [0.15, 0.2) is 5.34 Å². The number of nitrogens with zero attached hydrogens (tertiary/aromatic N) is 1. The summed E-state index contributed by atoms with van der Waals surface area (Å²) in [6.07, 6.45) is 0. The Bertz CT molecular complexity index is 25.5. The van der Waals surface area contributed by atoms with Gasteiger partial charge >= 0.3 is 33.2 Å². The van der Waals surface area contributed by atoms with Crippen molar-refractivity contribution in [2.45, 2.75) is 0 Å². The van der Waals surface area contributed by atoms with E-state index in [9.17, 15) is 0 Å². The molecule has 0 aliphatic rings. The molecule has 41 valence electrons. The molecule has 6 heavy (non-hydrogen) atoms.